The summed E-state index contributed by atoms with van der Waals surface area (Å²) < 4.78 is 1.50. The molecule has 2 rings (SSSR count). The first-order valence-electron chi connectivity index (χ1n) is 4.92. The second-order valence-electron chi connectivity index (χ2n) is 3.84. The number of benzene rings is 1. The van der Waals surface area contributed by atoms with E-state index < -0.39 is 0 Å². The van der Waals surface area contributed by atoms with Crippen molar-refractivity contribution in [1.82, 2.24) is 9.78 Å². The highest BCUT2D eigenvalue weighted by Crippen LogP contribution is 2.18. The molecule has 3 nitrogen and oxygen atoms in total. The van der Waals surface area contributed by atoms with Crippen molar-refractivity contribution < 1.29 is 0 Å². The third-order valence-electron chi connectivity index (χ3n) is 2.62. The van der Waals surface area contributed by atoms with E-state index in [4.69, 9.17) is 0 Å². The van der Waals surface area contributed by atoms with Crippen LogP contribution >= 0.6 is 0 Å². The monoisotopic (exact) mass is 202 g/mol. The molecule has 0 unspecified atom stereocenters. The maximum Gasteiger partial charge on any atom is 0.269 e. The quantitative estimate of drug-likeness (QED) is 0.754. The molecule has 0 saturated carbocycles. The van der Waals surface area contributed by atoms with Gasteiger partial charge in [-0.25, -0.2) is 0 Å². The normalized spacial score (nSPS) is 10.6. The fourth-order valence-electron chi connectivity index (χ4n) is 1.66. The van der Waals surface area contributed by atoms with Gasteiger partial charge in [-0.15, -0.1) is 0 Å². The Bertz CT molecular complexity index is 532. The average molecular weight is 202 g/mol. The first-order valence-corrected chi connectivity index (χ1v) is 4.92. The van der Waals surface area contributed by atoms with Crippen LogP contribution in [0.15, 0.2) is 29.1 Å². The molecule has 3 heteroatoms. The molecule has 0 amide bonds. The Morgan fingerprint density at radius 2 is 1.73 bits per heavy atom. The number of nitrogens with zero attached hydrogens (tertiary/aromatic N) is 1. The highest BCUT2D eigenvalue weighted by atomic mass is 16.1. The Balaban J connectivity index is 2.59. The van der Waals surface area contributed by atoms with Crippen LogP contribution in [0.2, 0.25) is 0 Å². The maximum atomic E-state index is 11.6. The van der Waals surface area contributed by atoms with Gasteiger partial charge in [0.1, 0.15) is 0 Å². The van der Waals surface area contributed by atoms with E-state index in [9.17, 15) is 4.79 Å². The summed E-state index contributed by atoms with van der Waals surface area (Å²) in [4.78, 5) is 11.6. The first-order chi connectivity index (χ1) is 7.09. The van der Waals surface area contributed by atoms with Gasteiger partial charge in [-0.05, 0) is 19.4 Å². The smallest absolute Gasteiger partial charge is 0.269 e. The van der Waals surface area contributed by atoms with Crippen LogP contribution < -0.4 is 5.56 Å². The number of aromatic nitrogens is 2. The van der Waals surface area contributed by atoms with Gasteiger partial charge in [-0.3, -0.25) is 14.6 Å². The molecule has 1 N–H and O–H groups in total. The number of aryl methyl sites for hydroxylation is 2. The summed E-state index contributed by atoms with van der Waals surface area (Å²) >= 11 is 0. The zero-order valence-corrected chi connectivity index (χ0v) is 9.16. The molecule has 0 aliphatic heterocycles. The number of nitrogens with one attached hydrogen (secondary N) is 1. The third-order valence-corrected chi connectivity index (χ3v) is 2.62. The molecule has 0 aliphatic carbocycles. The fraction of sp³-hybridized carbons (Fsp3) is 0.250. The Morgan fingerprint density at radius 1 is 1.13 bits per heavy atom. The van der Waals surface area contributed by atoms with E-state index in [1.807, 2.05) is 38.1 Å². The van der Waals surface area contributed by atoms with Crippen molar-refractivity contribution in [1.29, 1.82) is 0 Å². The van der Waals surface area contributed by atoms with Crippen LogP contribution in [0.1, 0.15) is 11.1 Å². The van der Waals surface area contributed by atoms with Crippen LogP contribution in [-0.2, 0) is 7.05 Å². The lowest BCUT2D eigenvalue weighted by atomic mass is 10.1. The zero-order valence-electron chi connectivity index (χ0n) is 9.16. The molecule has 1 aromatic carbocycles. The van der Waals surface area contributed by atoms with Crippen LogP contribution in [-0.4, -0.2) is 9.78 Å². The number of hydrogen-bond acceptors (Lipinski definition) is 1. The van der Waals surface area contributed by atoms with E-state index >= 15 is 0 Å². The summed E-state index contributed by atoms with van der Waals surface area (Å²) in [5, 5.41) is 3.05. The molecular weight excluding hydrogens is 188 g/mol. The Hall–Kier alpha value is -1.77. The van der Waals surface area contributed by atoms with Gasteiger partial charge in [-0.2, -0.15) is 0 Å². The minimum absolute atomic E-state index is 0.0329. The lowest BCUT2D eigenvalue weighted by molar-refractivity contribution is 0.741. The Labute approximate surface area is 88.4 Å². The molecule has 1 heterocycles. The molecule has 0 atom stereocenters. The predicted octanol–water partition coefficient (Wildman–Crippen LogP) is 2.00. The topological polar surface area (TPSA) is 37.8 Å². The number of H-pyrrole nitrogens is 1. The molecule has 0 fully saturated rings. The summed E-state index contributed by atoms with van der Waals surface area (Å²) in [5.41, 5.74) is 3.97. The standard InChI is InChI=1S/C12H14N2O/c1-8-4-6-10(7-5-8)11-9(2)12(15)14(3)13-11/h4-7,13H,1-3H3. The summed E-state index contributed by atoms with van der Waals surface area (Å²) in [6.45, 7) is 3.89. The van der Waals surface area contributed by atoms with E-state index in [-0.39, 0.29) is 5.56 Å². The van der Waals surface area contributed by atoms with E-state index in [1.54, 1.807) is 7.05 Å². The van der Waals surface area contributed by atoms with Gasteiger partial charge in [0.25, 0.3) is 5.56 Å². The first kappa shape index (κ1) is 9.77. The van der Waals surface area contributed by atoms with Gasteiger partial charge in [0.15, 0.2) is 0 Å². The van der Waals surface area contributed by atoms with Gasteiger partial charge in [-0.1, -0.05) is 29.8 Å². The highest BCUT2D eigenvalue weighted by Gasteiger charge is 2.08. The SMILES string of the molecule is Cc1ccc(-c2[nH]n(C)c(=O)c2C)cc1. The number of rotatable bonds is 1. The zero-order chi connectivity index (χ0) is 11.0. The summed E-state index contributed by atoms with van der Waals surface area (Å²) in [7, 11) is 1.73. The summed E-state index contributed by atoms with van der Waals surface area (Å²) in [6.07, 6.45) is 0. The highest BCUT2D eigenvalue weighted by molar-refractivity contribution is 5.62. The summed E-state index contributed by atoms with van der Waals surface area (Å²) in [5.74, 6) is 0. The van der Waals surface area contributed by atoms with Crippen molar-refractivity contribution >= 4 is 0 Å². The van der Waals surface area contributed by atoms with Gasteiger partial charge < -0.3 is 0 Å². The molecular formula is C12H14N2O. The van der Waals surface area contributed by atoms with Crippen LogP contribution in [0.4, 0.5) is 0 Å². The molecule has 0 spiro atoms. The van der Waals surface area contributed by atoms with Crippen molar-refractivity contribution in [2.24, 2.45) is 7.05 Å². The van der Waals surface area contributed by atoms with E-state index in [2.05, 4.69) is 5.10 Å². The van der Waals surface area contributed by atoms with E-state index in [0.29, 0.717) is 0 Å². The Morgan fingerprint density at radius 3 is 2.20 bits per heavy atom. The van der Waals surface area contributed by atoms with Crippen LogP contribution in [0.25, 0.3) is 11.3 Å². The van der Waals surface area contributed by atoms with Crippen LogP contribution in [0.5, 0.6) is 0 Å². The van der Waals surface area contributed by atoms with E-state index in [1.165, 1.54) is 10.2 Å². The molecule has 0 radical (unpaired) electrons. The number of hydrogen-bond donors (Lipinski definition) is 1. The van der Waals surface area contributed by atoms with E-state index in [0.717, 1.165) is 16.8 Å². The molecule has 15 heavy (non-hydrogen) atoms. The maximum absolute atomic E-state index is 11.6. The van der Waals surface area contributed by atoms with Crippen molar-refractivity contribution in [3.8, 4) is 11.3 Å². The summed E-state index contributed by atoms with van der Waals surface area (Å²) in [6, 6.07) is 8.13. The third kappa shape index (κ3) is 1.61. The van der Waals surface area contributed by atoms with Crippen LogP contribution in [0.3, 0.4) is 0 Å². The van der Waals surface area contributed by atoms with Gasteiger partial charge in [0.05, 0.1) is 5.69 Å². The van der Waals surface area contributed by atoms with Gasteiger partial charge in [0.2, 0.25) is 0 Å². The molecule has 0 aliphatic rings. The predicted molar refractivity (Wildman–Crippen MR) is 60.9 cm³/mol. The second-order valence-corrected chi connectivity index (χ2v) is 3.84. The van der Waals surface area contributed by atoms with Gasteiger partial charge in [0, 0.05) is 12.6 Å². The molecule has 1 aromatic heterocycles. The van der Waals surface area contributed by atoms with Crippen molar-refractivity contribution in [3.05, 3.63) is 45.7 Å². The van der Waals surface area contributed by atoms with Crippen molar-refractivity contribution in [3.63, 3.8) is 0 Å². The average Bonchev–Trinajstić information content (AvgIpc) is 2.47. The second kappa shape index (κ2) is 3.42. The largest absolute Gasteiger partial charge is 0.295 e. The lowest BCUT2D eigenvalue weighted by Crippen LogP contribution is -2.12. The minimum Gasteiger partial charge on any atom is -0.295 e. The number of aromatic amines is 1. The lowest BCUT2D eigenvalue weighted by Gasteiger charge is -1.99. The van der Waals surface area contributed by atoms with Gasteiger partial charge >= 0.3 is 0 Å². The fourth-order valence-corrected chi connectivity index (χ4v) is 1.66. The minimum atomic E-state index is 0.0329. The molecule has 2 aromatic rings. The molecule has 78 valence electrons. The molecule has 0 bridgehead atoms. The molecule has 0 saturated heterocycles. The van der Waals surface area contributed by atoms with Crippen molar-refractivity contribution in [2.75, 3.05) is 0 Å². The van der Waals surface area contributed by atoms with Crippen molar-refractivity contribution in [2.45, 2.75) is 13.8 Å². The van der Waals surface area contributed by atoms with Crippen LogP contribution in [0, 0.1) is 13.8 Å². The Kier molecular flexibility index (Phi) is 2.23.